The molecular weight excluding hydrogens is 342 g/mol. The van der Waals surface area contributed by atoms with Gasteiger partial charge in [-0.1, -0.05) is 0 Å². The Morgan fingerprint density at radius 3 is 2.70 bits per heavy atom. The average molecular weight is 361 g/mol. The van der Waals surface area contributed by atoms with E-state index in [1.54, 1.807) is 13.0 Å². The predicted octanol–water partition coefficient (Wildman–Crippen LogP) is 2.53. The lowest BCUT2D eigenvalue weighted by molar-refractivity contribution is -0.122. The Bertz CT molecular complexity index is 973. The third-order valence-corrected chi connectivity index (χ3v) is 5.32. The van der Waals surface area contributed by atoms with Crippen LogP contribution in [0.2, 0.25) is 0 Å². The predicted molar refractivity (Wildman–Crippen MR) is 98.1 cm³/mol. The molecule has 2 aliphatic rings. The topological polar surface area (TPSA) is 97.2 Å². The molecule has 0 atom stereocenters. The van der Waals surface area contributed by atoms with E-state index in [2.05, 4.69) is 17.1 Å². The van der Waals surface area contributed by atoms with Gasteiger partial charge in [0.2, 0.25) is 17.5 Å². The molecule has 1 amide bonds. The Labute approximate surface area is 157 Å². The molecule has 27 heavy (non-hydrogen) atoms. The van der Waals surface area contributed by atoms with Crippen molar-refractivity contribution < 1.29 is 9.21 Å². The largest absolute Gasteiger partial charge is 0.424 e. The first-order chi connectivity index (χ1) is 13.1. The van der Waals surface area contributed by atoms with Crippen LogP contribution in [0.25, 0.3) is 0 Å². The summed E-state index contributed by atoms with van der Waals surface area (Å²) < 4.78 is 5.58. The highest BCUT2D eigenvalue weighted by atomic mass is 16.4. The lowest BCUT2D eigenvalue weighted by atomic mass is 9.95. The molecule has 0 spiro atoms. The first-order valence-corrected chi connectivity index (χ1v) is 9.07. The number of aryl methyl sites for hydroxylation is 1. The summed E-state index contributed by atoms with van der Waals surface area (Å²) in [4.78, 5) is 21.0. The Morgan fingerprint density at radius 1 is 1.22 bits per heavy atom. The van der Waals surface area contributed by atoms with Gasteiger partial charge in [-0.3, -0.25) is 4.79 Å². The zero-order valence-corrected chi connectivity index (χ0v) is 15.1. The first-order valence-electron chi connectivity index (χ1n) is 9.07. The van der Waals surface area contributed by atoms with Crippen LogP contribution in [0.15, 0.2) is 22.6 Å². The fourth-order valence-corrected chi connectivity index (χ4v) is 3.95. The summed E-state index contributed by atoms with van der Waals surface area (Å²) in [7, 11) is 0. The molecule has 1 fully saturated rings. The molecule has 0 N–H and O–H groups in total. The fraction of sp³-hybridized carbons (Fsp3) is 0.400. The maximum atomic E-state index is 13.0. The first kappa shape index (κ1) is 17.1. The third-order valence-electron chi connectivity index (χ3n) is 5.32. The van der Waals surface area contributed by atoms with Gasteiger partial charge in [-0.05, 0) is 43.0 Å². The van der Waals surface area contributed by atoms with Crippen molar-refractivity contribution in [2.75, 3.05) is 29.4 Å². The smallest absolute Gasteiger partial charge is 0.234 e. The number of nitrogens with zero attached hydrogens (tertiary/aromatic N) is 5. The quantitative estimate of drug-likeness (QED) is 0.815. The van der Waals surface area contributed by atoms with Gasteiger partial charge in [-0.15, -0.1) is 0 Å². The standard InChI is InChI=1S/C20H19N5O2/c1-13-23-17(12-22)20(27-13)24-7-4-15(5-8-24)19(26)25-9-6-16-10-14(11-21)2-3-18(16)25/h2-3,10,15H,4-9H2,1H3. The van der Waals surface area contributed by atoms with E-state index < -0.39 is 0 Å². The number of carbonyl (C=O) groups excluding carboxylic acids is 1. The second kappa shape index (κ2) is 6.77. The molecule has 1 aromatic carbocycles. The van der Waals surface area contributed by atoms with Crippen LogP contribution in [0.3, 0.4) is 0 Å². The van der Waals surface area contributed by atoms with Gasteiger partial charge in [-0.25, -0.2) is 4.98 Å². The number of nitriles is 2. The number of hydrogen-bond acceptors (Lipinski definition) is 6. The van der Waals surface area contributed by atoms with Crippen molar-refractivity contribution in [2.24, 2.45) is 5.92 Å². The van der Waals surface area contributed by atoms with Crippen LogP contribution in [0.1, 0.15) is 35.6 Å². The average Bonchev–Trinajstić information content (AvgIpc) is 3.30. The number of amides is 1. The van der Waals surface area contributed by atoms with Crippen LogP contribution >= 0.6 is 0 Å². The molecule has 136 valence electrons. The molecular formula is C20H19N5O2. The molecule has 0 saturated carbocycles. The Balaban J connectivity index is 1.44. The zero-order chi connectivity index (χ0) is 19.0. The van der Waals surface area contributed by atoms with Crippen molar-refractivity contribution >= 4 is 17.5 Å². The van der Waals surface area contributed by atoms with Gasteiger partial charge in [0, 0.05) is 38.2 Å². The highest BCUT2D eigenvalue weighted by Crippen LogP contribution is 2.33. The summed E-state index contributed by atoms with van der Waals surface area (Å²) in [5, 5.41) is 18.2. The van der Waals surface area contributed by atoms with Crippen LogP contribution in [0.5, 0.6) is 0 Å². The molecule has 0 unspecified atom stereocenters. The number of piperidine rings is 1. The minimum atomic E-state index is -0.0441. The Kier molecular flexibility index (Phi) is 4.29. The van der Waals surface area contributed by atoms with E-state index in [1.807, 2.05) is 21.9 Å². The molecule has 1 saturated heterocycles. The Morgan fingerprint density at radius 2 is 2.00 bits per heavy atom. The third kappa shape index (κ3) is 3.02. The van der Waals surface area contributed by atoms with Crippen molar-refractivity contribution in [3.8, 4) is 12.1 Å². The second-order valence-corrected chi connectivity index (χ2v) is 6.95. The molecule has 0 aliphatic carbocycles. The summed E-state index contributed by atoms with van der Waals surface area (Å²) in [6.45, 7) is 3.72. The van der Waals surface area contributed by atoms with Crippen LogP contribution in [0, 0.1) is 35.5 Å². The van der Waals surface area contributed by atoms with Crippen molar-refractivity contribution in [1.82, 2.24) is 4.98 Å². The lowest BCUT2D eigenvalue weighted by Crippen LogP contribution is -2.42. The van der Waals surface area contributed by atoms with Crippen LogP contribution in [-0.2, 0) is 11.2 Å². The van der Waals surface area contributed by atoms with E-state index in [4.69, 9.17) is 9.68 Å². The molecule has 3 heterocycles. The number of anilines is 2. The number of hydrogen-bond donors (Lipinski definition) is 0. The van der Waals surface area contributed by atoms with Gasteiger partial charge in [0.05, 0.1) is 11.6 Å². The summed E-state index contributed by atoms with van der Waals surface area (Å²) in [6.07, 6.45) is 2.22. The van der Waals surface area contributed by atoms with E-state index in [-0.39, 0.29) is 11.8 Å². The number of carbonyl (C=O) groups is 1. The summed E-state index contributed by atoms with van der Waals surface area (Å²) in [6, 6.07) is 9.74. The number of aromatic nitrogens is 1. The summed E-state index contributed by atoms with van der Waals surface area (Å²) in [5.74, 6) is 1.09. The minimum absolute atomic E-state index is 0.0441. The van der Waals surface area contributed by atoms with Crippen molar-refractivity contribution in [1.29, 1.82) is 10.5 Å². The van der Waals surface area contributed by atoms with Gasteiger partial charge in [0.1, 0.15) is 6.07 Å². The maximum Gasteiger partial charge on any atom is 0.234 e. The summed E-state index contributed by atoms with van der Waals surface area (Å²) in [5.41, 5.74) is 2.93. The molecule has 2 aliphatic heterocycles. The van der Waals surface area contributed by atoms with E-state index >= 15 is 0 Å². The van der Waals surface area contributed by atoms with Crippen LogP contribution in [0.4, 0.5) is 11.6 Å². The molecule has 4 rings (SSSR count). The van der Waals surface area contributed by atoms with E-state index in [0.29, 0.717) is 55.5 Å². The molecule has 0 bridgehead atoms. The number of oxazole rings is 1. The van der Waals surface area contributed by atoms with Crippen molar-refractivity contribution in [2.45, 2.75) is 26.2 Å². The molecule has 0 radical (unpaired) electrons. The van der Waals surface area contributed by atoms with Crippen LogP contribution in [-0.4, -0.2) is 30.5 Å². The van der Waals surface area contributed by atoms with E-state index in [0.717, 1.165) is 17.7 Å². The van der Waals surface area contributed by atoms with Crippen molar-refractivity contribution in [3.63, 3.8) is 0 Å². The van der Waals surface area contributed by atoms with E-state index in [1.165, 1.54) is 0 Å². The normalized spacial score (nSPS) is 16.7. The number of benzene rings is 1. The fourth-order valence-electron chi connectivity index (χ4n) is 3.95. The molecule has 1 aromatic heterocycles. The van der Waals surface area contributed by atoms with E-state index in [9.17, 15) is 10.1 Å². The number of fused-ring (bicyclic) bond motifs is 1. The highest BCUT2D eigenvalue weighted by Gasteiger charge is 2.33. The highest BCUT2D eigenvalue weighted by molar-refractivity contribution is 5.97. The monoisotopic (exact) mass is 361 g/mol. The molecule has 7 heteroatoms. The zero-order valence-electron chi connectivity index (χ0n) is 15.1. The molecule has 2 aromatic rings. The van der Waals surface area contributed by atoms with Gasteiger partial charge >= 0.3 is 0 Å². The molecule has 7 nitrogen and oxygen atoms in total. The Hall–Kier alpha value is -3.32. The van der Waals surface area contributed by atoms with Gasteiger partial charge in [0.15, 0.2) is 5.89 Å². The van der Waals surface area contributed by atoms with Gasteiger partial charge < -0.3 is 14.2 Å². The maximum absolute atomic E-state index is 13.0. The summed E-state index contributed by atoms with van der Waals surface area (Å²) >= 11 is 0. The van der Waals surface area contributed by atoms with Crippen LogP contribution < -0.4 is 9.80 Å². The SMILES string of the molecule is Cc1nc(C#N)c(N2CCC(C(=O)N3CCc4cc(C#N)ccc43)CC2)o1. The minimum Gasteiger partial charge on any atom is -0.424 e. The second-order valence-electron chi connectivity index (χ2n) is 6.95. The van der Waals surface area contributed by atoms with Gasteiger partial charge in [0.25, 0.3) is 0 Å². The van der Waals surface area contributed by atoms with Gasteiger partial charge in [-0.2, -0.15) is 10.5 Å². The van der Waals surface area contributed by atoms with Crippen molar-refractivity contribution in [3.05, 3.63) is 40.9 Å². The lowest BCUT2D eigenvalue weighted by Gasteiger charge is -2.33. The number of rotatable bonds is 2.